The zero-order valence-electron chi connectivity index (χ0n) is 7.94. The van der Waals surface area contributed by atoms with Crippen LogP contribution >= 0.6 is 0 Å². The Morgan fingerprint density at radius 3 is 2.55 bits per heavy atom. The van der Waals surface area contributed by atoms with Crippen LogP contribution in [0.25, 0.3) is 0 Å². The van der Waals surface area contributed by atoms with Crippen molar-refractivity contribution in [1.82, 2.24) is 0 Å². The average molecular weight is 157 g/mol. The highest BCUT2D eigenvalue weighted by Gasteiger charge is 2.04. The third-order valence-electron chi connectivity index (χ3n) is 2.04. The van der Waals surface area contributed by atoms with Crippen LogP contribution in [0.4, 0.5) is 0 Å². The van der Waals surface area contributed by atoms with Gasteiger partial charge < -0.3 is 4.74 Å². The van der Waals surface area contributed by atoms with Crippen LogP contribution in [0.5, 0.6) is 0 Å². The zero-order chi connectivity index (χ0) is 8.53. The minimum Gasteiger partial charge on any atom is -0.381 e. The van der Waals surface area contributed by atoms with E-state index in [0.29, 0.717) is 6.61 Å². The normalized spacial score (nSPS) is 13.4. The van der Waals surface area contributed by atoms with Crippen LogP contribution in [0.15, 0.2) is 0 Å². The summed E-state index contributed by atoms with van der Waals surface area (Å²) in [7, 11) is 0. The zero-order valence-corrected chi connectivity index (χ0v) is 7.94. The fourth-order valence-electron chi connectivity index (χ4n) is 1.15. The van der Waals surface area contributed by atoms with Gasteiger partial charge in [0.05, 0.1) is 0 Å². The SMILES string of the molecule is [CH2]COC[C@@H](CC)CCCC. The van der Waals surface area contributed by atoms with E-state index in [2.05, 4.69) is 20.8 Å². The maximum absolute atomic E-state index is 5.27. The molecule has 0 unspecified atom stereocenters. The molecule has 0 heterocycles. The molecule has 0 spiro atoms. The summed E-state index contributed by atoms with van der Waals surface area (Å²) >= 11 is 0. The first-order valence-corrected chi connectivity index (χ1v) is 4.72. The van der Waals surface area contributed by atoms with Crippen LogP contribution in [0.1, 0.15) is 39.5 Å². The van der Waals surface area contributed by atoms with Gasteiger partial charge in [-0.1, -0.05) is 33.1 Å². The van der Waals surface area contributed by atoms with Crippen LogP contribution in [0.2, 0.25) is 0 Å². The lowest BCUT2D eigenvalue weighted by Gasteiger charge is -2.13. The van der Waals surface area contributed by atoms with Gasteiger partial charge in [0.25, 0.3) is 0 Å². The summed E-state index contributed by atoms with van der Waals surface area (Å²) in [5.74, 6) is 0.761. The van der Waals surface area contributed by atoms with Gasteiger partial charge in [-0.2, -0.15) is 0 Å². The molecule has 0 saturated carbocycles. The van der Waals surface area contributed by atoms with Gasteiger partial charge in [0.15, 0.2) is 0 Å². The van der Waals surface area contributed by atoms with E-state index in [1.807, 2.05) is 0 Å². The van der Waals surface area contributed by atoms with Crippen molar-refractivity contribution < 1.29 is 4.74 Å². The first-order chi connectivity index (χ1) is 5.35. The van der Waals surface area contributed by atoms with E-state index in [4.69, 9.17) is 4.74 Å². The quantitative estimate of drug-likeness (QED) is 0.552. The molecule has 0 bridgehead atoms. The van der Waals surface area contributed by atoms with Crippen molar-refractivity contribution in [2.24, 2.45) is 5.92 Å². The summed E-state index contributed by atoms with van der Waals surface area (Å²) in [4.78, 5) is 0. The maximum atomic E-state index is 5.27. The van der Waals surface area contributed by atoms with Crippen molar-refractivity contribution in [3.05, 3.63) is 6.92 Å². The molecule has 0 aliphatic rings. The molecule has 67 valence electrons. The first kappa shape index (κ1) is 11.0. The molecule has 0 aromatic rings. The van der Waals surface area contributed by atoms with Crippen molar-refractivity contribution in [1.29, 1.82) is 0 Å². The second-order valence-electron chi connectivity index (χ2n) is 2.99. The Labute approximate surface area is 71.1 Å². The van der Waals surface area contributed by atoms with E-state index < -0.39 is 0 Å². The van der Waals surface area contributed by atoms with E-state index in [9.17, 15) is 0 Å². The molecule has 0 aliphatic heterocycles. The minimum absolute atomic E-state index is 0.614. The molecular formula is C10H21O. The van der Waals surface area contributed by atoms with Gasteiger partial charge in [0.1, 0.15) is 0 Å². The molecule has 1 atom stereocenters. The van der Waals surface area contributed by atoms with E-state index in [1.165, 1.54) is 25.7 Å². The van der Waals surface area contributed by atoms with Crippen molar-refractivity contribution in [3.63, 3.8) is 0 Å². The minimum atomic E-state index is 0.614. The summed E-state index contributed by atoms with van der Waals surface area (Å²) in [6.45, 7) is 9.63. The molecule has 0 fully saturated rings. The van der Waals surface area contributed by atoms with Crippen molar-refractivity contribution >= 4 is 0 Å². The predicted molar refractivity (Wildman–Crippen MR) is 49.5 cm³/mol. The third-order valence-corrected chi connectivity index (χ3v) is 2.04. The van der Waals surface area contributed by atoms with Crippen molar-refractivity contribution in [2.75, 3.05) is 13.2 Å². The molecule has 1 nitrogen and oxygen atoms in total. The lowest BCUT2D eigenvalue weighted by atomic mass is 10.0. The number of ether oxygens (including phenoxy) is 1. The van der Waals surface area contributed by atoms with Crippen LogP contribution < -0.4 is 0 Å². The molecule has 0 rings (SSSR count). The van der Waals surface area contributed by atoms with Crippen LogP contribution in [-0.2, 0) is 4.74 Å². The van der Waals surface area contributed by atoms with Gasteiger partial charge in [-0.25, -0.2) is 0 Å². The van der Waals surface area contributed by atoms with Gasteiger partial charge in [0, 0.05) is 13.2 Å². The molecular weight excluding hydrogens is 136 g/mol. The Bertz CT molecular complexity index is 63.3. The van der Waals surface area contributed by atoms with Gasteiger partial charge >= 0.3 is 0 Å². The van der Waals surface area contributed by atoms with Crippen LogP contribution in [-0.4, -0.2) is 13.2 Å². The second-order valence-corrected chi connectivity index (χ2v) is 2.99. The van der Waals surface area contributed by atoms with Gasteiger partial charge in [0.2, 0.25) is 0 Å². The van der Waals surface area contributed by atoms with Crippen molar-refractivity contribution in [3.8, 4) is 0 Å². The molecule has 0 aromatic carbocycles. The summed E-state index contributed by atoms with van der Waals surface area (Å²) < 4.78 is 5.27. The predicted octanol–water partition coefficient (Wildman–Crippen LogP) is 3.05. The lowest BCUT2D eigenvalue weighted by molar-refractivity contribution is 0.115. The third kappa shape index (κ3) is 6.36. The number of rotatable bonds is 7. The lowest BCUT2D eigenvalue weighted by Crippen LogP contribution is -2.08. The summed E-state index contributed by atoms with van der Waals surface area (Å²) in [5, 5.41) is 0. The molecule has 0 aliphatic carbocycles. The molecule has 1 heteroatoms. The highest BCUT2D eigenvalue weighted by Crippen LogP contribution is 2.12. The summed E-state index contributed by atoms with van der Waals surface area (Å²) in [5.41, 5.74) is 0. The largest absolute Gasteiger partial charge is 0.381 e. The fourth-order valence-corrected chi connectivity index (χ4v) is 1.15. The van der Waals surface area contributed by atoms with E-state index in [0.717, 1.165) is 12.5 Å². The monoisotopic (exact) mass is 157 g/mol. The highest BCUT2D eigenvalue weighted by molar-refractivity contribution is 4.55. The summed E-state index contributed by atoms with van der Waals surface area (Å²) in [6, 6.07) is 0. The smallest absolute Gasteiger partial charge is 0.0494 e. The molecule has 1 radical (unpaired) electrons. The van der Waals surface area contributed by atoms with E-state index in [-0.39, 0.29) is 0 Å². The molecule has 0 amide bonds. The Hall–Kier alpha value is -0.0400. The standard InChI is InChI=1S/C10H21O/c1-4-7-8-10(5-2)9-11-6-3/h10H,3-9H2,1-2H3/t10-/m0/s1. The van der Waals surface area contributed by atoms with Gasteiger partial charge in [-0.15, -0.1) is 0 Å². The Balaban J connectivity index is 3.25. The first-order valence-electron chi connectivity index (χ1n) is 4.72. The highest BCUT2D eigenvalue weighted by atomic mass is 16.5. The molecule has 0 aromatic heterocycles. The fraction of sp³-hybridized carbons (Fsp3) is 0.900. The van der Waals surface area contributed by atoms with Gasteiger partial charge in [-0.3, -0.25) is 0 Å². The van der Waals surface area contributed by atoms with E-state index >= 15 is 0 Å². The molecule has 11 heavy (non-hydrogen) atoms. The molecule has 0 saturated heterocycles. The number of hydrogen-bond acceptors (Lipinski definition) is 1. The second kappa shape index (κ2) is 8.06. The Morgan fingerprint density at radius 1 is 1.36 bits per heavy atom. The average Bonchev–Trinajstić information content (AvgIpc) is 2.05. The Morgan fingerprint density at radius 2 is 2.09 bits per heavy atom. The van der Waals surface area contributed by atoms with Gasteiger partial charge in [-0.05, 0) is 19.3 Å². The maximum Gasteiger partial charge on any atom is 0.0494 e. The number of hydrogen-bond donors (Lipinski definition) is 0. The number of unbranched alkanes of at least 4 members (excludes halogenated alkanes) is 1. The van der Waals surface area contributed by atoms with Crippen LogP contribution in [0, 0.1) is 12.8 Å². The van der Waals surface area contributed by atoms with Crippen LogP contribution in [0.3, 0.4) is 0 Å². The Kier molecular flexibility index (Phi) is 8.03. The van der Waals surface area contributed by atoms with E-state index in [1.54, 1.807) is 0 Å². The van der Waals surface area contributed by atoms with Crippen molar-refractivity contribution in [2.45, 2.75) is 39.5 Å². The summed E-state index contributed by atoms with van der Waals surface area (Å²) in [6.07, 6.45) is 5.17. The molecule has 0 N–H and O–H groups in total. The topological polar surface area (TPSA) is 9.23 Å².